The van der Waals surface area contributed by atoms with Crippen molar-refractivity contribution in [3.63, 3.8) is 0 Å². The number of halogens is 5. The first-order valence-electron chi connectivity index (χ1n) is 3.89. The maximum Gasteiger partial charge on any atom is 0.424 e. The molecule has 15 heavy (non-hydrogen) atoms. The van der Waals surface area contributed by atoms with Gasteiger partial charge in [-0.1, -0.05) is 35.3 Å². The Hall–Kier alpha value is -0.740. The predicted octanol–water partition coefficient (Wildman–Crippen LogP) is 3.89. The highest BCUT2D eigenvalue weighted by molar-refractivity contribution is 6.30. The van der Waals surface area contributed by atoms with Crippen molar-refractivity contribution in [2.45, 2.75) is 11.7 Å². The quantitative estimate of drug-likeness (QED) is 0.432. The molecule has 1 unspecified atom stereocenters. The van der Waals surface area contributed by atoms with Crippen LogP contribution in [-0.4, -0.2) is 17.9 Å². The number of rotatable bonds is 2. The summed E-state index contributed by atoms with van der Waals surface area (Å²) < 4.78 is 35.8. The van der Waals surface area contributed by atoms with E-state index in [1.165, 1.54) is 0 Å². The van der Waals surface area contributed by atoms with Crippen LogP contribution in [0, 0.1) is 0 Å². The van der Waals surface area contributed by atoms with Crippen LogP contribution in [0.1, 0.15) is 5.56 Å². The van der Waals surface area contributed by atoms with Gasteiger partial charge in [-0.2, -0.15) is 13.2 Å². The molecular formula is C9H6Cl2F3N. The molecule has 0 bridgehead atoms. The summed E-state index contributed by atoms with van der Waals surface area (Å²) in [6, 6.07) is 6.21. The van der Waals surface area contributed by atoms with Crippen molar-refractivity contribution >= 4 is 29.4 Å². The zero-order valence-corrected chi connectivity index (χ0v) is 8.81. The van der Waals surface area contributed by atoms with Gasteiger partial charge in [0.15, 0.2) is 0 Å². The summed E-state index contributed by atoms with van der Waals surface area (Å²) in [5.74, 6) is 0. The van der Waals surface area contributed by atoms with Crippen LogP contribution in [0.4, 0.5) is 13.2 Å². The molecule has 0 amide bonds. The molecule has 0 spiro atoms. The van der Waals surface area contributed by atoms with E-state index in [2.05, 4.69) is 4.99 Å². The van der Waals surface area contributed by atoms with E-state index >= 15 is 0 Å². The van der Waals surface area contributed by atoms with Crippen molar-refractivity contribution in [2.75, 3.05) is 0 Å². The minimum absolute atomic E-state index is 0.505. The van der Waals surface area contributed by atoms with Crippen LogP contribution >= 0.6 is 23.2 Å². The van der Waals surface area contributed by atoms with Crippen LogP contribution in [0.5, 0.6) is 0 Å². The topological polar surface area (TPSA) is 12.4 Å². The van der Waals surface area contributed by atoms with Gasteiger partial charge >= 0.3 is 6.18 Å². The molecule has 82 valence electrons. The lowest BCUT2D eigenvalue weighted by Gasteiger charge is -2.07. The van der Waals surface area contributed by atoms with E-state index in [9.17, 15) is 13.2 Å². The SMILES string of the molecule is FC(F)(F)C(Cl)N=Cc1ccc(Cl)cc1. The maximum absolute atomic E-state index is 11.9. The van der Waals surface area contributed by atoms with E-state index < -0.39 is 11.7 Å². The number of nitrogens with zero attached hydrogens (tertiary/aromatic N) is 1. The second-order valence-corrected chi connectivity index (χ2v) is 3.56. The smallest absolute Gasteiger partial charge is 0.264 e. The lowest BCUT2D eigenvalue weighted by atomic mass is 10.2. The maximum atomic E-state index is 11.9. The Labute approximate surface area is 94.5 Å². The Morgan fingerprint density at radius 3 is 2.20 bits per heavy atom. The van der Waals surface area contributed by atoms with Gasteiger partial charge < -0.3 is 0 Å². The molecule has 0 aromatic heterocycles. The largest absolute Gasteiger partial charge is 0.424 e. The van der Waals surface area contributed by atoms with Gasteiger partial charge in [0, 0.05) is 11.2 Å². The molecule has 0 saturated carbocycles. The van der Waals surface area contributed by atoms with Gasteiger partial charge in [0.2, 0.25) is 5.50 Å². The molecule has 1 nitrogen and oxygen atoms in total. The minimum Gasteiger partial charge on any atom is -0.264 e. The third kappa shape index (κ3) is 4.10. The molecular weight excluding hydrogens is 250 g/mol. The van der Waals surface area contributed by atoms with E-state index in [-0.39, 0.29) is 0 Å². The zero-order chi connectivity index (χ0) is 11.5. The fraction of sp³-hybridized carbons (Fsp3) is 0.222. The normalized spacial score (nSPS) is 14.5. The third-order valence-corrected chi connectivity index (χ3v) is 2.11. The highest BCUT2D eigenvalue weighted by atomic mass is 35.5. The van der Waals surface area contributed by atoms with Crippen molar-refractivity contribution in [3.8, 4) is 0 Å². The summed E-state index contributed by atoms with van der Waals surface area (Å²) in [6.07, 6.45) is -3.47. The van der Waals surface area contributed by atoms with Crippen molar-refractivity contribution in [2.24, 2.45) is 4.99 Å². The first kappa shape index (κ1) is 12.3. The Morgan fingerprint density at radius 2 is 1.73 bits per heavy atom. The first-order valence-corrected chi connectivity index (χ1v) is 4.70. The molecule has 0 saturated heterocycles. The summed E-state index contributed by atoms with van der Waals surface area (Å²) in [6.45, 7) is 0. The number of aliphatic imine (C=N–C) groups is 1. The van der Waals surface area contributed by atoms with E-state index in [1.807, 2.05) is 0 Å². The molecule has 0 aliphatic heterocycles. The van der Waals surface area contributed by atoms with Crippen molar-refractivity contribution in [1.29, 1.82) is 0 Å². The fourth-order valence-electron chi connectivity index (χ4n) is 0.785. The van der Waals surface area contributed by atoms with Gasteiger partial charge in [0.05, 0.1) is 0 Å². The van der Waals surface area contributed by atoms with Crippen LogP contribution in [0.2, 0.25) is 5.02 Å². The van der Waals surface area contributed by atoms with E-state index in [0.29, 0.717) is 10.6 Å². The van der Waals surface area contributed by atoms with E-state index in [0.717, 1.165) is 6.21 Å². The number of hydrogen-bond acceptors (Lipinski definition) is 1. The molecule has 0 heterocycles. The summed E-state index contributed by atoms with van der Waals surface area (Å²) in [5, 5.41) is 0.505. The molecule has 1 aromatic carbocycles. The number of alkyl halides is 4. The second kappa shape index (κ2) is 4.86. The van der Waals surface area contributed by atoms with Gasteiger partial charge in [0.25, 0.3) is 0 Å². The second-order valence-electron chi connectivity index (χ2n) is 2.71. The lowest BCUT2D eigenvalue weighted by Crippen LogP contribution is -2.21. The Balaban J connectivity index is 2.70. The van der Waals surface area contributed by atoms with Gasteiger partial charge in [0.1, 0.15) is 0 Å². The van der Waals surface area contributed by atoms with Crippen molar-refractivity contribution in [3.05, 3.63) is 34.9 Å². The molecule has 0 radical (unpaired) electrons. The Kier molecular flexibility index (Phi) is 3.99. The lowest BCUT2D eigenvalue weighted by molar-refractivity contribution is -0.128. The van der Waals surface area contributed by atoms with E-state index in [4.69, 9.17) is 23.2 Å². The van der Waals surface area contributed by atoms with Gasteiger partial charge in [-0.05, 0) is 17.7 Å². The van der Waals surface area contributed by atoms with E-state index in [1.54, 1.807) is 24.3 Å². The molecule has 1 rings (SSSR count). The number of benzene rings is 1. The standard InChI is InChI=1S/C9H6Cl2F3N/c10-7-3-1-6(2-4-7)5-15-8(11)9(12,13)14/h1-5,8H. The fourth-order valence-corrected chi connectivity index (χ4v) is 0.967. The van der Waals surface area contributed by atoms with Gasteiger partial charge in [-0.15, -0.1) is 0 Å². The highest BCUT2D eigenvalue weighted by Crippen LogP contribution is 2.25. The molecule has 6 heteroatoms. The molecule has 1 atom stereocenters. The molecule has 0 fully saturated rings. The molecule has 0 aliphatic rings. The highest BCUT2D eigenvalue weighted by Gasteiger charge is 2.37. The zero-order valence-electron chi connectivity index (χ0n) is 7.30. The molecule has 0 N–H and O–H groups in total. The van der Waals surface area contributed by atoms with Crippen molar-refractivity contribution < 1.29 is 13.2 Å². The van der Waals surface area contributed by atoms with Gasteiger partial charge in [-0.3, -0.25) is 4.99 Å². The number of hydrogen-bond donors (Lipinski definition) is 0. The van der Waals surface area contributed by atoms with Crippen LogP contribution < -0.4 is 0 Å². The predicted molar refractivity (Wildman–Crippen MR) is 54.7 cm³/mol. The Bertz CT molecular complexity index is 345. The molecule has 1 aromatic rings. The van der Waals surface area contributed by atoms with Gasteiger partial charge in [-0.25, -0.2) is 0 Å². The van der Waals surface area contributed by atoms with Crippen LogP contribution in [0.15, 0.2) is 29.3 Å². The summed E-state index contributed by atoms with van der Waals surface area (Å²) in [4.78, 5) is 3.17. The summed E-state index contributed by atoms with van der Waals surface area (Å²) in [5.41, 5.74) is -1.71. The third-order valence-electron chi connectivity index (χ3n) is 1.49. The molecule has 0 aliphatic carbocycles. The first-order chi connectivity index (χ1) is 6.89. The van der Waals surface area contributed by atoms with Crippen molar-refractivity contribution in [1.82, 2.24) is 0 Å². The van der Waals surface area contributed by atoms with Crippen LogP contribution in [0.25, 0.3) is 0 Å². The van der Waals surface area contributed by atoms with Crippen LogP contribution in [-0.2, 0) is 0 Å². The average molecular weight is 256 g/mol. The summed E-state index contributed by atoms with van der Waals surface area (Å²) in [7, 11) is 0. The Morgan fingerprint density at radius 1 is 1.20 bits per heavy atom. The monoisotopic (exact) mass is 255 g/mol. The van der Waals surface area contributed by atoms with Crippen LogP contribution in [0.3, 0.4) is 0 Å². The average Bonchev–Trinajstić information content (AvgIpc) is 2.15. The summed E-state index contributed by atoms with van der Waals surface area (Å²) >= 11 is 10.6. The minimum atomic E-state index is -4.52.